The van der Waals surface area contributed by atoms with Gasteiger partial charge >= 0.3 is 5.97 Å². The zero-order valence-electron chi connectivity index (χ0n) is 14.9. The van der Waals surface area contributed by atoms with E-state index in [0.717, 1.165) is 10.2 Å². The van der Waals surface area contributed by atoms with E-state index in [2.05, 4.69) is 5.10 Å². The molecule has 0 spiro atoms. The van der Waals surface area contributed by atoms with Gasteiger partial charge in [0, 0.05) is 5.56 Å². The van der Waals surface area contributed by atoms with Crippen molar-refractivity contribution >= 4 is 22.5 Å². The molecule has 1 aromatic heterocycles. The number of rotatable bonds is 5. The molecule has 0 aliphatic rings. The Kier molecular flexibility index (Phi) is 5.03. The number of aryl methyl sites for hydroxylation is 1. The molecule has 7 heteroatoms. The van der Waals surface area contributed by atoms with Crippen molar-refractivity contribution in [2.24, 2.45) is 0 Å². The molecular formula is C20H18N2O5. The van der Waals surface area contributed by atoms with E-state index in [-0.39, 0.29) is 16.6 Å². The van der Waals surface area contributed by atoms with E-state index in [1.807, 2.05) is 6.92 Å². The van der Waals surface area contributed by atoms with Gasteiger partial charge in [0.25, 0.3) is 11.1 Å². The Balaban J connectivity index is 1.76. The van der Waals surface area contributed by atoms with Crippen LogP contribution < -0.4 is 11.1 Å². The lowest BCUT2D eigenvalue weighted by Crippen LogP contribution is -2.34. The average Bonchev–Trinajstić information content (AvgIpc) is 2.66. The van der Waals surface area contributed by atoms with Gasteiger partial charge in [-0.05, 0) is 26.0 Å². The van der Waals surface area contributed by atoms with Gasteiger partial charge in [-0.25, -0.2) is 4.68 Å². The fourth-order valence-corrected chi connectivity index (χ4v) is 2.73. The molecule has 0 unspecified atom stereocenters. The Hall–Kier alpha value is -3.48. The number of carbonyl (C=O) groups is 2. The minimum absolute atomic E-state index is 0.206. The highest BCUT2D eigenvalue weighted by atomic mass is 16.5. The fraction of sp³-hybridized carbons (Fsp3) is 0.200. The number of benzene rings is 2. The van der Waals surface area contributed by atoms with Gasteiger partial charge in [-0.3, -0.25) is 24.3 Å². The summed E-state index contributed by atoms with van der Waals surface area (Å²) in [6.07, 6.45) is -1.01. The molecule has 2 aromatic carbocycles. The normalized spacial score (nSPS) is 11.9. The lowest BCUT2D eigenvalue weighted by atomic mass is 10.1. The van der Waals surface area contributed by atoms with Crippen LogP contribution in [0.3, 0.4) is 0 Å². The molecule has 7 nitrogen and oxygen atoms in total. The van der Waals surface area contributed by atoms with Gasteiger partial charge in [0.2, 0.25) is 5.78 Å². The minimum atomic E-state index is -1.01. The van der Waals surface area contributed by atoms with Crippen molar-refractivity contribution in [1.82, 2.24) is 9.78 Å². The predicted octanol–water partition coefficient (Wildman–Crippen LogP) is 1.81. The molecule has 0 saturated heterocycles. The number of nitrogens with zero attached hydrogens (tertiary/aromatic N) is 1. The van der Waals surface area contributed by atoms with Crippen molar-refractivity contribution in [2.75, 3.05) is 0 Å². The molecule has 0 amide bonds. The number of nitrogens with one attached hydrogen (secondary N) is 1. The van der Waals surface area contributed by atoms with Crippen LogP contribution in [-0.4, -0.2) is 27.6 Å². The van der Waals surface area contributed by atoms with E-state index < -0.39 is 29.7 Å². The number of hydrogen-bond acceptors (Lipinski definition) is 5. The first-order chi connectivity index (χ1) is 12.9. The van der Waals surface area contributed by atoms with Gasteiger partial charge in [0.1, 0.15) is 6.54 Å². The minimum Gasteiger partial charge on any atom is -0.453 e. The van der Waals surface area contributed by atoms with Gasteiger partial charge in [0.15, 0.2) is 6.10 Å². The van der Waals surface area contributed by atoms with Gasteiger partial charge in [0.05, 0.1) is 10.8 Å². The van der Waals surface area contributed by atoms with Crippen LogP contribution in [-0.2, 0) is 16.1 Å². The highest BCUT2D eigenvalue weighted by Gasteiger charge is 2.20. The van der Waals surface area contributed by atoms with Crippen molar-refractivity contribution in [3.05, 3.63) is 80.4 Å². The standard InChI is InChI=1S/C20H18N2O5/c1-12-7-9-14(10-8-12)18(24)13(2)27-17(23)11-22-20(26)16-6-4-3-5-15(16)19(25)21-22/h3-10,13H,11H2,1-2H3,(H,21,25)/t13-/m0/s1. The Morgan fingerprint density at radius 3 is 2.33 bits per heavy atom. The SMILES string of the molecule is Cc1ccc(C(=O)[C@H](C)OC(=O)Cn2[nH]c(=O)c3ccccc3c2=O)cc1. The monoisotopic (exact) mass is 366 g/mol. The van der Waals surface area contributed by atoms with Crippen molar-refractivity contribution in [1.29, 1.82) is 0 Å². The Bertz CT molecular complexity index is 1130. The Morgan fingerprint density at radius 2 is 1.67 bits per heavy atom. The second-order valence-electron chi connectivity index (χ2n) is 6.24. The van der Waals surface area contributed by atoms with Gasteiger partial charge in [-0.15, -0.1) is 0 Å². The zero-order chi connectivity index (χ0) is 19.6. The number of ether oxygens (including phenoxy) is 1. The summed E-state index contributed by atoms with van der Waals surface area (Å²) in [5, 5.41) is 2.80. The summed E-state index contributed by atoms with van der Waals surface area (Å²) in [4.78, 5) is 49.0. The first-order valence-corrected chi connectivity index (χ1v) is 8.39. The van der Waals surface area contributed by atoms with E-state index in [0.29, 0.717) is 5.56 Å². The number of Topliss-reactive ketones (excluding diaryl/α,β-unsaturated/α-hetero) is 1. The molecule has 1 atom stereocenters. The summed E-state index contributed by atoms with van der Waals surface area (Å²) in [5.41, 5.74) is 0.439. The summed E-state index contributed by atoms with van der Waals surface area (Å²) in [7, 11) is 0. The van der Waals surface area contributed by atoms with E-state index >= 15 is 0 Å². The maximum atomic E-state index is 12.4. The van der Waals surface area contributed by atoms with Crippen LogP contribution in [0.25, 0.3) is 10.8 Å². The molecule has 1 N–H and O–H groups in total. The summed E-state index contributed by atoms with van der Waals surface area (Å²) in [5.74, 6) is -1.14. The van der Waals surface area contributed by atoms with Gasteiger partial charge < -0.3 is 4.74 Å². The molecule has 0 radical (unpaired) electrons. The van der Waals surface area contributed by atoms with Crippen molar-refractivity contribution in [3.8, 4) is 0 Å². The third kappa shape index (κ3) is 3.87. The van der Waals surface area contributed by atoms with Gasteiger partial charge in [-0.1, -0.05) is 42.0 Å². The number of aromatic amines is 1. The number of fused-ring (bicyclic) bond motifs is 1. The maximum Gasteiger partial charge on any atom is 0.328 e. The van der Waals surface area contributed by atoms with Crippen LogP contribution in [0.15, 0.2) is 58.1 Å². The van der Waals surface area contributed by atoms with E-state index in [9.17, 15) is 19.2 Å². The molecule has 0 aliphatic heterocycles. The lowest BCUT2D eigenvalue weighted by molar-refractivity contribution is -0.147. The van der Waals surface area contributed by atoms with E-state index in [1.165, 1.54) is 19.1 Å². The van der Waals surface area contributed by atoms with Crippen LogP contribution >= 0.6 is 0 Å². The summed E-state index contributed by atoms with van der Waals surface area (Å²) in [6.45, 7) is 2.87. The highest BCUT2D eigenvalue weighted by Crippen LogP contribution is 2.09. The molecule has 0 fully saturated rings. The first kappa shape index (κ1) is 18.3. The number of hydrogen-bond donors (Lipinski definition) is 1. The van der Waals surface area contributed by atoms with Crippen molar-refractivity contribution < 1.29 is 14.3 Å². The largest absolute Gasteiger partial charge is 0.453 e. The molecule has 138 valence electrons. The molecule has 0 bridgehead atoms. The summed E-state index contributed by atoms with van der Waals surface area (Å²) >= 11 is 0. The van der Waals surface area contributed by atoms with E-state index in [1.54, 1.807) is 36.4 Å². The second kappa shape index (κ2) is 7.41. The molecule has 1 heterocycles. The number of ketones is 1. The second-order valence-corrected chi connectivity index (χ2v) is 6.24. The van der Waals surface area contributed by atoms with E-state index in [4.69, 9.17) is 4.74 Å². The molecule has 0 saturated carbocycles. The quantitative estimate of drug-likeness (QED) is 0.549. The first-order valence-electron chi connectivity index (χ1n) is 8.39. The Morgan fingerprint density at radius 1 is 1.04 bits per heavy atom. The predicted molar refractivity (Wildman–Crippen MR) is 99.9 cm³/mol. The van der Waals surface area contributed by atoms with Crippen LogP contribution in [0.4, 0.5) is 0 Å². The highest BCUT2D eigenvalue weighted by molar-refractivity contribution is 6.00. The van der Waals surface area contributed by atoms with Crippen LogP contribution in [0.2, 0.25) is 0 Å². The molecule has 3 aromatic rings. The third-order valence-corrected chi connectivity index (χ3v) is 4.18. The number of aromatic nitrogens is 2. The van der Waals surface area contributed by atoms with Crippen molar-refractivity contribution in [3.63, 3.8) is 0 Å². The number of esters is 1. The maximum absolute atomic E-state index is 12.4. The topological polar surface area (TPSA) is 98.2 Å². The average molecular weight is 366 g/mol. The summed E-state index contributed by atoms with van der Waals surface area (Å²) < 4.78 is 6.02. The molecule has 3 rings (SSSR count). The molecule has 27 heavy (non-hydrogen) atoms. The molecular weight excluding hydrogens is 348 g/mol. The Labute approximate surface area is 154 Å². The molecule has 0 aliphatic carbocycles. The van der Waals surface area contributed by atoms with Crippen LogP contribution in [0, 0.1) is 6.92 Å². The van der Waals surface area contributed by atoms with Crippen LogP contribution in [0.5, 0.6) is 0 Å². The third-order valence-electron chi connectivity index (χ3n) is 4.18. The fourth-order valence-electron chi connectivity index (χ4n) is 2.73. The van der Waals surface area contributed by atoms with Gasteiger partial charge in [-0.2, -0.15) is 0 Å². The zero-order valence-corrected chi connectivity index (χ0v) is 14.9. The summed E-state index contributed by atoms with van der Waals surface area (Å²) in [6, 6.07) is 13.2. The smallest absolute Gasteiger partial charge is 0.328 e. The number of H-pyrrole nitrogens is 1. The number of carbonyl (C=O) groups excluding carboxylic acids is 2. The van der Waals surface area contributed by atoms with Crippen LogP contribution in [0.1, 0.15) is 22.8 Å². The van der Waals surface area contributed by atoms with Crippen molar-refractivity contribution in [2.45, 2.75) is 26.5 Å². The lowest BCUT2D eigenvalue weighted by Gasteiger charge is -2.13.